The zero-order valence-corrected chi connectivity index (χ0v) is 11.7. The Bertz CT molecular complexity index is 507. The molecule has 0 saturated heterocycles. The van der Waals surface area contributed by atoms with Crippen molar-refractivity contribution in [3.05, 3.63) is 35.4 Å². The van der Waals surface area contributed by atoms with Crippen LogP contribution in [-0.2, 0) is 17.0 Å². The molecule has 0 bridgehead atoms. The average molecular weight is 383 g/mol. The molecule has 0 saturated carbocycles. The van der Waals surface area contributed by atoms with Crippen molar-refractivity contribution >= 4 is 28.5 Å². The summed E-state index contributed by atoms with van der Waals surface area (Å²) in [7, 11) is 0. The Morgan fingerprint density at radius 3 is 2.26 bits per heavy atom. The number of nitrogens with zero attached hydrogens (tertiary/aromatic N) is 2. The smallest absolute Gasteiger partial charge is 0.351 e. The Morgan fingerprint density at radius 2 is 1.84 bits per heavy atom. The minimum absolute atomic E-state index is 0.0102. The van der Waals surface area contributed by atoms with Gasteiger partial charge in [-0.3, -0.25) is 4.79 Å². The van der Waals surface area contributed by atoms with Crippen LogP contribution in [0.1, 0.15) is 11.1 Å². The zero-order chi connectivity index (χ0) is 14.1. The maximum absolute atomic E-state index is 12.7. The molecule has 0 spiro atoms. The molecule has 1 aliphatic rings. The van der Waals surface area contributed by atoms with Crippen molar-refractivity contribution in [2.75, 3.05) is 4.43 Å². The highest BCUT2D eigenvalue weighted by atomic mass is 127. The molecule has 0 atom stereocenters. The fraction of sp³-hybridized carbons (Fsp3) is 0.364. The van der Waals surface area contributed by atoms with E-state index in [0.717, 1.165) is 5.56 Å². The number of carbonyl (C=O) groups is 1. The minimum atomic E-state index is -4.51. The van der Waals surface area contributed by atoms with Crippen LogP contribution in [0.2, 0.25) is 0 Å². The number of rotatable bonds is 4. The quantitative estimate of drug-likeness (QED) is 0.631. The molecule has 0 fully saturated rings. The lowest BCUT2D eigenvalue weighted by molar-refractivity contribution is -0.166. The molecule has 0 radical (unpaired) electrons. The molecule has 102 valence electrons. The minimum Gasteiger partial charge on any atom is -0.351 e. The van der Waals surface area contributed by atoms with Crippen molar-refractivity contribution in [2.45, 2.75) is 18.4 Å². The monoisotopic (exact) mass is 383 g/mol. The third-order valence-corrected chi connectivity index (χ3v) is 3.36. The highest BCUT2D eigenvalue weighted by Crippen LogP contribution is 2.52. The van der Waals surface area contributed by atoms with Gasteiger partial charge in [0.25, 0.3) is 0 Å². The summed E-state index contributed by atoms with van der Waals surface area (Å²) in [6.07, 6.45) is -4.51. The highest BCUT2D eigenvalue weighted by Gasteiger charge is 2.65. The van der Waals surface area contributed by atoms with E-state index in [1.165, 1.54) is 24.3 Å². The molecule has 1 amide bonds. The summed E-state index contributed by atoms with van der Waals surface area (Å²) in [6.45, 7) is 0.287. The lowest BCUT2D eigenvalue weighted by Gasteiger charge is -2.15. The van der Waals surface area contributed by atoms with E-state index in [0.29, 0.717) is 4.43 Å². The van der Waals surface area contributed by atoms with Crippen molar-refractivity contribution < 1.29 is 18.0 Å². The van der Waals surface area contributed by atoms with Crippen LogP contribution in [-0.4, -0.2) is 16.5 Å². The lowest BCUT2D eigenvalue weighted by Crippen LogP contribution is -2.30. The van der Waals surface area contributed by atoms with Crippen LogP contribution in [0.3, 0.4) is 0 Å². The van der Waals surface area contributed by atoms with E-state index in [-0.39, 0.29) is 18.0 Å². The molecule has 19 heavy (non-hydrogen) atoms. The van der Waals surface area contributed by atoms with Gasteiger partial charge in [0.1, 0.15) is 0 Å². The van der Waals surface area contributed by atoms with Crippen molar-refractivity contribution in [2.24, 2.45) is 10.2 Å². The van der Waals surface area contributed by atoms with E-state index in [9.17, 15) is 18.0 Å². The van der Waals surface area contributed by atoms with Crippen LogP contribution in [0.25, 0.3) is 0 Å². The number of benzene rings is 1. The maximum Gasteiger partial charge on any atom is 0.442 e. The molecule has 1 N–H and O–H groups in total. The van der Waals surface area contributed by atoms with E-state index >= 15 is 0 Å². The van der Waals surface area contributed by atoms with E-state index in [4.69, 9.17) is 0 Å². The summed E-state index contributed by atoms with van der Waals surface area (Å²) in [5.74, 6) is -0.122. The molecule has 1 aromatic rings. The summed E-state index contributed by atoms with van der Waals surface area (Å²) in [6, 6.07) is 5.72. The lowest BCUT2D eigenvalue weighted by atomic mass is 10.0. The Morgan fingerprint density at radius 1 is 1.26 bits per heavy atom. The fourth-order valence-corrected chi connectivity index (χ4v) is 1.82. The molecular weight excluding hydrogens is 374 g/mol. The molecule has 1 heterocycles. The van der Waals surface area contributed by atoms with Crippen LogP contribution in [0.4, 0.5) is 13.2 Å². The number of nitrogens with one attached hydrogen (secondary N) is 1. The molecule has 8 heteroatoms. The summed E-state index contributed by atoms with van der Waals surface area (Å²) in [5, 5.41) is 8.88. The van der Waals surface area contributed by atoms with Gasteiger partial charge in [0.05, 0.1) is 4.43 Å². The van der Waals surface area contributed by atoms with E-state index < -0.39 is 11.8 Å². The van der Waals surface area contributed by atoms with Gasteiger partial charge < -0.3 is 5.32 Å². The van der Waals surface area contributed by atoms with Gasteiger partial charge in [-0.2, -0.15) is 13.2 Å². The largest absolute Gasteiger partial charge is 0.442 e. The van der Waals surface area contributed by atoms with E-state index in [2.05, 4.69) is 15.5 Å². The van der Waals surface area contributed by atoms with Gasteiger partial charge in [-0.15, -0.1) is 10.2 Å². The number of alkyl halides is 4. The van der Waals surface area contributed by atoms with Crippen molar-refractivity contribution in [3.8, 4) is 0 Å². The topological polar surface area (TPSA) is 53.8 Å². The second-order valence-electron chi connectivity index (χ2n) is 3.98. The first-order valence-corrected chi connectivity index (χ1v) is 6.84. The van der Waals surface area contributed by atoms with Crippen molar-refractivity contribution in [1.82, 2.24) is 5.32 Å². The number of halogens is 4. The molecule has 4 nitrogen and oxygen atoms in total. The maximum atomic E-state index is 12.7. The van der Waals surface area contributed by atoms with Crippen LogP contribution in [0.15, 0.2) is 34.5 Å². The summed E-state index contributed by atoms with van der Waals surface area (Å²) in [5.41, 5.74) is -1.67. The highest BCUT2D eigenvalue weighted by molar-refractivity contribution is 14.1. The van der Waals surface area contributed by atoms with Gasteiger partial charge in [0.2, 0.25) is 5.91 Å². The average Bonchev–Trinajstić information content (AvgIpc) is 3.17. The third-order valence-electron chi connectivity index (χ3n) is 2.66. The SMILES string of the molecule is O=C(CI)NCc1ccc(C2(C(F)(F)F)N=N2)cc1. The normalized spacial score (nSPS) is 16.2. The number of hydrogen-bond donors (Lipinski definition) is 1. The first kappa shape index (κ1) is 14.2. The van der Waals surface area contributed by atoms with Crippen molar-refractivity contribution in [1.29, 1.82) is 0 Å². The Kier molecular flexibility index (Phi) is 3.79. The summed E-state index contributed by atoms with van der Waals surface area (Å²) in [4.78, 5) is 11.1. The van der Waals surface area contributed by atoms with Gasteiger partial charge >= 0.3 is 11.8 Å². The van der Waals surface area contributed by atoms with Crippen molar-refractivity contribution in [3.63, 3.8) is 0 Å². The number of hydrogen-bond acceptors (Lipinski definition) is 3. The standard InChI is InChI=1S/C11H9F3IN3O/c12-11(13,14)10(17-18-10)8-3-1-7(2-4-8)6-16-9(19)5-15/h1-4H,5-6H2,(H,16,19). The Labute approximate surface area is 120 Å². The fourth-order valence-electron chi connectivity index (χ4n) is 1.55. The van der Waals surface area contributed by atoms with Gasteiger partial charge in [-0.25, -0.2) is 0 Å². The van der Waals surface area contributed by atoms with Gasteiger partial charge in [0, 0.05) is 12.1 Å². The summed E-state index contributed by atoms with van der Waals surface area (Å²) >= 11 is 1.93. The summed E-state index contributed by atoms with van der Waals surface area (Å²) < 4.78 is 38.5. The molecule has 0 unspecified atom stereocenters. The predicted octanol–water partition coefficient (Wildman–Crippen LogP) is 2.92. The molecule has 1 aromatic carbocycles. The number of carbonyl (C=O) groups excluding carboxylic acids is 1. The van der Waals surface area contributed by atoms with Crippen LogP contribution < -0.4 is 5.32 Å². The van der Waals surface area contributed by atoms with E-state index in [1.807, 2.05) is 22.6 Å². The zero-order valence-electron chi connectivity index (χ0n) is 9.54. The van der Waals surface area contributed by atoms with Crippen LogP contribution in [0.5, 0.6) is 0 Å². The molecular formula is C11H9F3IN3O. The predicted molar refractivity (Wildman–Crippen MR) is 69.8 cm³/mol. The van der Waals surface area contributed by atoms with Crippen LogP contribution >= 0.6 is 22.6 Å². The molecule has 1 aliphatic heterocycles. The third kappa shape index (κ3) is 2.88. The van der Waals surface area contributed by atoms with Crippen LogP contribution in [0, 0.1) is 0 Å². The molecule has 0 aromatic heterocycles. The van der Waals surface area contributed by atoms with Gasteiger partial charge in [-0.1, -0.05) is 46.9 Å². The molecule has 0 aliphatic carbocycles. The van der Waals surface area contributed by atoms with E-state index in [1.54, 1.807) is 0 Å². The first-order chi connectivity index (χ1) is 8.89. The van der Waals surface area contributed by atoms with Gasteiger partial charge in [-0.05, 0) is 5.56 Å². The second-order valence-corrected chi connectivity index (χ2v) is 4.74. The molecule has 2 rings (SSSR count). The Balaban J connectivity index is 2.05. The Hall–Kier alpha value is -1.19. The number of amides is 1. The first-order valence-electron chi connectivity index (χ1n) is 5.32. The van der Waals surface area contributed by atoms with Gasteiger partial charge in [0.15, 0.2) is 0 Å². The second kappa shape index (κ2) is 5.06.